The Bertz CT molecular complexity index is 1150. The van der Waals surface area contributed by atoms with Gasteiger partial charge >= 0.3 is 6.09 Å². The number of nitrogens with one attached hydrogen (secondary N) is 2. The largest absolute Gasteiger partial charge is 0.438 e. The van der Waals surface area contributed by atoms with Crippen molar-refractivity contribution in [2.45, 2.75) is 25.6 Å². The predicted molar refractivity (Wildman–Crippen MR) is 121 cm³/mol. The summed E-state index contributed by atoms with van der Waals surface area (Å²) < 4.78 is 18.9. The molecule has 1 aliphatic rings. The summed E-state index contributed by atoms with van der Waals surface area (Å²) in [4.78, 5) is 38.7. The van der Waals surface area contributed by atoms with Crippen LogP contribution in [0.2, 0.25) is 0 Å². The van der Waals surface area contributed by atoms with E-state index in [0.717, 1.165) is 0 Å². The van der Waals surface area contributed by atoms with E-state index < -0.39 is 30.0 Å². The Balaban J connectivity index is 1.63. The number of para-hydroxylation sites is 1. The summed E-state index contributed by atoms with van der Waals surface area (Å²) in [5, 5.41) is 5.51. The highest BCUT2D eigenvalue weighted by Gasteiger charge is 2.47. The van der Waals surface area contributed by atoms with E-state index in [-0.39, 0.29) is 12.5 Å². The molecular weight excluding hydrogens is 425 g/mol. The highest BCUT2D eigenvalue weighted by Crippen LogP contribution is 2.35. The van der Waals surface area contributed by atoms with Gasteiger partial charge in [-0.15, -0.1) is 0 Å². The molecule has 4 rings (SSSR count). The maximum Gasteiger partial charge on any atom is 0.411 e. The quantitative estimate of drug-likeness (QED) is 0.583. The van der Waals surface area contributed by atoms with Gasteiger partial charge in [-0.05, 0) is 47.5 Å². The molecule has 0 spiro atoms. The molecule has 8 heteroatoms. The van der Waals surface area contributed by atoms with Crippen LogP contribution in [0.25, 0.3) is 0 Å². The van der Waals surface area contributed by atoms with Crippen molar-refractivity contribution >= 4 is 29.3 Å². The first-order valence-electron chi connectivity index (χ1n) is 10.4. The van der Waals surface area contributed by atoms with Crippen molar-refractivity contribution in [2.75, 3.05) is 10.6 Å². The number of cyclic esters (lactones) is 1. The van der Waals surface area contributed by atoms with Crippen LogP contribution in [0.15, 0.2) is 78.9 Å². The molecular formula is C25H22FN3O4. The Labute approximate surface area is 190 Å². The number of nitrogens with zero attached hydrogens (tertiary/aromatic N) is 1. The number of carbonyl (C=O) groups is 3. The normalized spacial score (nSPS) is 17.4. The number of amides is 3. The van der Waals surface area contributed by atoms with Crippen molar-refractivity contribution in [1.82, 2.24) is 4.90 Å². The molecule has 0 bridgehead atoms. The molecule has 3 amide bonds. The SMILES string of the molecule is CC(=O)Nc1ccc(C2OC(=O)N(Cc3ccc(F)cc3)C2C(=O)Nc2ccccc2)cc1. The van der Waals surface area contributed by atoms with E-state index in [0.29, 0.717) is 22.5 Å². The second-order valence-corrected chi connectivity index (χ2v) is 7.66. The molecule has 0 aliphatic carbocycles. The molecule has 33 heavy (non-hydrogen) atoms. The third-order valence-corrected chi connectivity index (χ3v) is 5.22. The second-order valence-electron chi connectivity index (χ2n) is 7.66. The van der Waals surface area contributed by atoms with Gasteiger partial charge in [-0.3, -0.25) is 14.5 Å². The molecule has 2 atom stereocenters. The standard InChI is InChI=1S/C25H22FN3O4/c1-16(30)27-21-13-9-18(10-14-21)23-22(24(31)28-20-5-3-2-4-6-20)29(25(32)33-23)15-17-7-11-19(26)12-8-17/h2-14,22-23H,15H2,1H3,(H,27,30)(H,28,31). The maximum atomic E-state index is 13.3. The first kappa shape index (κ1) is 22.0. The molecule has 0 saturated carbocycles. The van der Waals surface area contributed by atoms with E-state index >= 15 is 0 Å². The van der Waals surface area contributed by atoms with Crippen molar-refractivity contribution in [3.05, 3.63) is 95.8 Å². The molecule has 7 nitrogen and oxygen atoms in total. The fourth-order valence-electron chi connectivity index (χ4n) is 3.69. The Morgan fingerprint density at radius 3 is 2.18 bits per heavy atom. The number of benzene rings is 3. The minimum absolute atomic E-state index is 0.0759. The van der Waals surface area contributed by atoms with Crippen LogP contribution >= 0.6 is 0 Å². The van der Waals surface area contributed by atoms with Crippen molar-refractivity contribution < 1.29 is 23.5 Å². The van der Waals surface area contributed by atoms with Crippen molar-refractivity contribution in [3.8, 4) is 0 Å². The zero-order chi connectivity index (χ0) is 23.4. The fraction of sp³-hybridized carbons (Fsp3) is 0.160. The summed E-state index contributed by atoms with van der Waals surface area (Å²) in [5.41, 5.74) is 2.44. The molecule has 3 aromatic rings. The van der Waals surface area contributed by atoms with E-state index in [4.69, 9.17) is 4.74 Å². The average molecular weight is 447 g/mol. The van der Waals surface area contributed by atoms with Crippen LogP contribution in [0.4, 0.5) is 20.6 Å². The Morgan fingerprint density at radius 2 is 1.55 bits per heavy atom. The van der Waals surface area contributed by atoms with Gasteiger partial charge in [0.05, 0.1) is 6.54 Å². The number of anilines is 2. The Kier molecular flexibility index (Phi) is 6.35. The molecule has 1 aliphatic heterocycles. The number of ether oxygens (including phenoxy) is 1. The maximum absolute atomic E-state index is 13.3. The lowest BCUT2D eigenvalue weighted by molar-refractivity contribution is -0.121. The summed E-state index contributed by atoms with van der Waals surface area (Å²) in [5.74, 6) is -1.01. The van der Waals surface area contributed by atoms with Gasteiger partial charge in [-0.25, -0.2) is 9.18 Å². The molecule has 1 saturated heterocycles. The molecule has 1 heterocycles. The lowest BCUT2D eigenvalue weighted by Gasteiger charge is -2.24. The van der Waals surface area contributed by atoms with Gasteiger partial charge < -0.3 is 15.4 Å². The number of hydrogen-bond acceptors (Lipinski definition) is 4. The molecule has 168 valence electrons. The summed E-state index contributed by atoms with van der Waals surface area (Å²) >= 11 is 0. The Hall–Kier alpha value is -4.20. The highest BCUT2D eigenvalue weighted by atomic mass is 19.1. The molecule has 0 radical (unpaired) electrons. The summed E-state index contributed by atoms with van der Waals surface area (Å²) in [6.45, 7) is 1.48. The van der Waals surface area contributed by atoms with Crippen LogP contribution in [0.5, 0.6) is 0 Å². The zero-order valence-electron chi connectivity index (χ0n) is 17.8. The lowest BCUT2D eigenvalue weighted by atomic mass is 10.00. The summed E-state index contributed by atoms with van der Waals surface area (Å²) in [6.07, 6.45) is -1.52. The van der Waals surface area contributed by atoms with Crippen LogP contribution in [0, 0.1) is 5.82 Å². The third kappa shape index (κ3) is 5.17. The van der Waals surface area contributed by atoms with Crippen LogP contribution < -0.4 is 10.6 Å². The minimum Gasteiger partial charge on any atom is -0.438 e. The van der Waals surface area contributed by atoms with Gasteiger partial charge in [-0.2, -0.15) is 0 Å². The second kappa shape index (κ2) is 9.52. The fourth-order valence-corrected chi connectivity index (χ4v) is 3.69. The van der Waals surface area contributed by atoms with E-state index in [9.17, 15) is 18.8 Å². The monoisotopic (exact) mass is 447 g/mol. The minimum atomic E-state index is -0.964. The number of halogens is 1. The van der Waals surface area contributed by atoms with Crippen molar-refractivity contribution in [3.63, 3.8) is 0 Å². The highest BCUT2D eigenvalue weighted by molar-refractivity contribution is 5.98. The van der Waals surface area contributed by atoms with Gasteiger partial charge in [0, 0.05) is 18.3 Å². The third-order valence-electron chi connectivity index (χ3n) is 5.22. The van der Waals surface area contributed by atoms with Gasteiger partial charge in [-0.1, -0.05) is 42.5 Å². The van der Waals surface area contributed by atoms with Crippen molar-refractivity contribution in [2.24, 2.45) is 0 Å². The molecule has 0 aromatic heterocycles. The molecule has 2 unspecified atom stereocenters. The van der Waals surface area contributed by atoms with Crippen LogP contribution in [-0.4, -0.2) is 28.8 Å². The van der Waals surface area contributed by atoms with Gasteiger partial charge in [0.2, 0.25) is 5.91 Å². The smallest absolute Gasteiger partial charge is 0.411 e. The molecule has 2 N–H and O–H groups in total. The Morgan fingerprint density at radius 1 is 0.909 bits per heavy atom. The van der Waals surface area contributed by atoms with E-state index in [1.165, 1.54) is 24.0 Å². The predicted octanol–water partition coefficient (Wildman–Crippen LogP) is 4.48. The summed E-state index contributed by atoms with van der Waals surface area (Å²) in [7, 11) is 0. The van der Waals surface area contributed by atoms with Crippen molar-refractivity contribution in [1.29, 1.82) is 0 Å². The van der Waals surface area contributed by atoms with Crippen LogP contribution in [-0.2, 0) is 20.9 Å². The van der Waals surface area contributed by atoms with Gasteiger partial charge in [0.1, 0.15) is 5.82 Å². The lowest BCUT2D eigenvalue weighted by Crippen LogP contribution is -2.43. The topological polar surface area (TPSA) is 87.7 Å². The number of carbonyl (C=O) groups excluding carboxylic acids is 3. The van der Waals surface area contributed by atoms with Gasteiger partial charge in [0.25, 0.3) is 5.91 Å². The summed E-state index contributed by atoms with van der Waals surface area (Å²) in [6, 6.07) is 20.4. The van der Waals surface area contributed by atoms with Crippen LogP contribution in [0.1, 0.15) is 24.2 Å². The van der Waals surface area contributed by atoms with E-state index in [1.54, 1.807) is 60.7 Å². The van der Waals surface area contributed by atoms with E-state index in [1.807, 2.05) is 6.07 Å². The first-order valence-corrected chi connectivity index (χ1v) is 10.4. The zero-order valence-corrected chi connectivity index (χ0v) is 17.8. The first-order chi connectivity index (χ1) is 15.9. The molecule has 3 aromatic carbocycles. The molecule has 1 fully saturated rings. The number of rotatable bonds is 6. The van der Waals surface area contributed by atoms with E-state index in [2.05, 4.69) is 10.6 Å². The van der Waals surface area contributed by atoms with Crippen LogP contribution in [0.3, 0.4) is 0 Å². The number of hydrogen-bond donors (Lipinski definition) is 2. The average Bonchev–Trinajstić information content (AvgIpc) is 3.12. The van der Waals surface area contributed by atoms with Gasteiger partial charge in [0.15, 0.2) is 12.1 Å².